The molecule has 1 heterocycles. The number of aromatic nitrogens is 1. The third-order valence-electron chi connectivity index (χ3n) is 3.37. The third kappa shape index (κ3) is 3.03. The second kappa shape index (κ2) is 5.26. The third-order valence-corrected chi connectivity index (χ3v) is 3.37. The molecule has 15 heavy (non-hydrogen) atoms. The van der Waals surface area contributed by atoms with Gasteiger partial charge in [0, 0.05) is 18.4 Å². The summed E-state index contributed by atoms with van der Waals surface area (Å²) in [5, 5.41) is 3.60. The van der Waals surface area contributed by atoms with Gasteiger partial charge in [-0.2, -0.15) is 0 Å². The molecular weight excluding hydrogens is 184 g/mol. The number of nitrogens with one attached hydrogen (secondary N) is 1. The quantitative estimate of drug-likeness (QED) is 0.815. The smallest absolute Gasteiger partial charge is 0.0315 e. The van der Waals surface area contributed by atoms with Gasteiger partial charge >= 0.3 is 0 Å². The molecule has 1 saturated carbocycles. The molecule has 2 rings (SSSR count). The first-order valence-electron chi connectivity index (χ1n) is 5.99. The Labute approximate surface area is 92.1 Å². The van der Waals surface area contributed by atoms with E-state index in [0.717, 1.165) is 12.5 Å². The number of hydrogen-bond donors (Lipinski definition) is 1. The Balaban J connectivity index is 1.79. The monoisotopic (exact) mass is 204 g/mol. The number of rotatable bonds is 4. The zero-order valence-electron chi connectivity index (χ0n) is 9.45. The zero-order valence-corrected chi connectivity index (χ0v) is 9.45. The highest BCUT2D eigenvalue weighted by molar-refractivity contribution is 5.12. The topological polar surface area (TPSA) is 24.9 Å². The predicted octanol–water partition coefficient (Wildman–Crippen LogP) is 2.92. The fraction of sp³-hybridized carbons (Fsp3) is 0.615. The molecule has 2 nitrogen and oxygen atoms in total. The lowest BCUT2D eigenvalue weighted by molar-refractivity contribution is 0.452. The van der Waals surface area contributed by atoms with Crippen LogP contribution >= 0.6 is 0 Å². The second-order valence-electron chi connectivity index (χ2n) is 4.57. The van der Waals surface area contributed by atoms with E-state index in [2.05, 4.69) is 23.3 Å². The summed E-state index contributed by atoms with van der Waals surface area (Å²) < 4.78 is 0. The Morgan fingerprint density at radius 3 is 2.93 bits per heavy atom. The van der Waals surface area contributed by atoms with Gasteiger partial charge in [-0.3, -0.25) is 4.98 Å². The number of hydrogen-bond acceptors (Lipinski definition) is 2. The average molecular weight is 204 g/mol. The van der Waals surface area contributed by atoms with Gasteiger partial charge in [-0.15, -0.1) is 0 Å². The van der Waals surface area contributed by atoms with Gasteiger partial charge in [-0.25, -0.2) is 0 Å². The highest BCUT2D eigenvalue weighted by atomic mass is 14.9. The normalized spacial score (nSPS) is 19.3. The van der Waals surface area contributed by atoms with E-state index in [9.17, 15) is 0 Å². The Kier molecular flexibility index (Phi) is 3.73. The van der Waals surface area contributed by atoms with Crippen molar-refractivity contribution in [1.29, 1.82) is 0 Å². The average Bonchev–Trinajstić information content (AvgIpc) is 2.80. The molecule has 0 bridgehead atoms. The van der Waals surface area contributed by atoms with Gasteiger partial charge < -0.3 is 5.32 Å². The maximum atomic E-state index is 4.15. The summed E-state index contributed by atoms with van der Waals surface area (Å²) in [6.07, 6.45) is 9.44. The molecule has 0 unspecified atom stereocenters. The lowest BCUT2D eigenvalue weighted by Crippen LogP contribution is -2.24. The molecule has 1 aromatic rings. The van der Waals surface area contributed by atoms with E-state index < -0.39 is 0 Å². The molecule has 1 N–H and O–H groups in total. The molecule has 1 aliphatic rings. The molecule has 1 atom stereocenters. The SMILES string of the molecule is C[C@@H](NCC1CCCC1)c1cccnc1. The van der Waals surface area contributed by atoms with Crippen LogP contribution in [0.2, 0.25) is 0 Å². The van der Waals surface area contributed by atoms with E-state index in [1.807, 2.05) is 18.5 Å². The van der Waals surface area contributed by atoms with E-state index >= 15 is 0 Å². The molecule has 0 spiro atoms. The molecule has 1 fully saturated rings. The lowest BCUT2D eigenvalue weighted by Gasteiger charge is -2.16. The van der Waals surface area contributed by atoms with E-state index in [1.165, 1.54) is 31.2 Å². The van der Waals surface area contributed by atoms with Crippen molar-refractivity contribution in [2.24, 2.45) is 5.92 Å². The van der Waals surface area contributed by atoms with Gasteiger partial charge in [-0.1, -0.05) is 18.9 Å². The van der Waals surface area contributed by atoms with Crippen LogP contribution in [0, 0.1) is 5.92 Å². The largest absolute Gasteiger partial charge is 0.310 e. The van der Waals surface area contributed by atoms with Crippen molar-refractivity contribution in [2.75, 3.05) is 6.54 Å². The minimum Gasteiger partial charge on any atom is -0.310 e. The van der Waals surface area contributed by atoms with Crippen molar-refractivity contribution in [2.45, 2.75) is 38.6 Å². The molecule has 0 radical (unpaired) electrons. The molecule has 1 aliphatic carbocycles. The van der Waals surface area contributed by atoms with Gasteiger partial charge in [0.25, 0.3) is 0 Å². The summed E-state index contributed by atoms with van der Waals surface area (Å²) in [5.74, 6) is 0.907. The first-order valence-corrected chi connectivity index (χ1v) is 5.99. The van der Waals surface area contributed by atoms with Crippen molar-refractivity contribution in [3.05, 3.63) is 30.1 Å². The van der Waals surface area contributed by atoms with Crippen molar-refractivity contribution >= 4 is 0 Å². The molecule has 1 aromatic heterocycles. The first kappa shape index (κ1) is 10.6. The van der Waals surface area contributed by atoms with E-state index in [-0.39, 0.29) is 0 Å². The first-order chi connectivity index (χ1) is 7.36. The van der Waals surface area contributed by atoms with Crippen LogP contribution in [-0.2, 0) is 0 Å². The van der Waals surface area contributed by atoms with E-state index in [1.54, 1.807) is 0 Å². The van der Waals surface area contributed by atoms with Crippen LogP contribution in [-0.4, -0.2) is 11.5 Å². The van der Waals surface area contributed by atoms with Crippen molar-refractivity contribution in [1.82, 2.24) is 10.3 Å². The van der Waals surface area contributed by atoms with Crippen LogP contribution in [0.4, 0.5) is 0 Å². The highest BCUT2D eigenvalue weighted by Crippen LogP contribution is 2.24. The molecule has 0 saturated heterocycles. The fourth-order valence-corrected chi connectivity index (χ4v) is 2.31. The maximum Gasteiger partial charge on any atom is 0.0315 e. The van der Waals surface area contributed by atoms with E-state index in [4.69, 9.17) is 0 Å². The van der Waals surface area contributed by atoms with Crippen LogP contribution in [0.15, 0.2) is 24.5 Å². The van der Waals surface area contributed by atoms with Crippen LogP contribution in [0.25, 0.3) is 0 Å². The van der Waals surface area contributed by atoms with Gasteiger partial charge in [0.05, 0.1) is 0 Å². The Morgan fingerprint density at radius 2 is 2.27 bits per heavy atom. The lowest BCUT2D eigenvalue weighted by atomic mass is 10.1. The Bertz CT molecular complexity index is 278. The summed E-state index contributed by atoms with van der Waals surface area (Å²) in [7, 11) is 0. The van der Waals surface area contributed by atoms with Crippen LogP contribution in [0.3, 0.4) is 0 Å². The van der Waals surface area contributed by atoms with Gasteiger partial charge in [-0.05, 0) is 43.9 Å². The minimum absolute atomic E-state index is 0.430. The molecule has 0 amide bonds. The molecule has 2 heteroatoms. The highest BCUT2D eigenvalue weighted by Gasteiger charge is 2.15. The Hall–Kier alpha value is -0.890. The van der Waals surface area contributed by atoms with Crippen molar-refractivity contribution in [3.8, 4) is 0 Å². The summed E-state index contributed by atoms with van der Waals surface area (Å²) in [5.41, 5.74) is 1.29. The molecule has 82 valence electrons. The summed E-state index contributed by atoms with van der Waals surface area (Å²) in [4.78, 5) is 4.15. The summed E-state index contributed by atoms with van der Waals surface area (Å²) in [6, 6.07) is 4.57. The van der Waals surface area contributed by atoms with Crippen molar-refractivity contribution in [3.63, 3.8) is 0 Å². The fourth-order valence-electron chi connectivity index (χ4n) is 2.31. The molecule has 0 aliphatic heterocycles. The van der Waals surface area contributed by atoms with E-state index in [0.29, 0.717) is 6.04 Å². The minimum atomic E-state index is 0.430. The second-order valence-corrected chi connectivity index (χ2v) is 4.57. The van der Waals surface area contributed by atoms with Gasteiger partial charge in [0.1, 0.15) is 0 Å². The zero-order chi connectivity index (χ0) is 10.5. The summed E-state index contributed by atoms with van der Waals surface area (Å²) >= 11 is 0. The van der Waals surface area contributed by atoms with Crippen LogP contribution < -0.4 is 5.32 Å². The Morgan fingerprint density at radius 1 is 1.47 bits per heavy atom. The van der Waals surface area contributed by atoms with Gasteiger partial charge in [0.2, 0.25) is 0 Å². The van der Waals surface area contributed by atoms with Crippen LogP contribution in [0.1, 0.15) is 44.2 Å². The van der Waals surface area contributed by atoms with Gasteiger partial charge in [0.15, 0.2) is 0 Å². The van der Waals surface area contributed by atoms with Crippen LogP contribution in [0.5, 0.6) is 0 Å². The standard InChI is InChI=1S/C13H20N2/c1-11(13-7-4-8-14-10-13)15-9-12-5-2-3-6-12/h4,7-8,10-12,15H,2-3,5-6,9H2,1H3/t11-/m1/s1. The molecular formula is C13H20N2. The predicted molar refractivity (Wildman–Crippen MR) is 62.6 cm³/mol. The number of pyridine rings is 1. The van der Waals surface area contributed by atoms with Crippen molar-refractivity contribution < 1.29 is 0 Å². The maximum absolute atomic E-state index is 4.15. The number of nitrogens with zero attached hydrogens (tertiary/aromatic N) is 1. The molecule has 0 aromatic carbocycles. The summed E-state index contributed by atoms with van der Waals surface area (Å²) in [6.45, 7) is 3.38.